The van der Waals surface area contributed by atoms with Gasteiger partial charge in [0.2, 0.25) is 5.91 Å². The number of hydrogen-bond donors (Lipinski definition) is 1. The van der Waals surface area contributed by atoms with Crippen molar-refractivity contribution in [1.29, 1.82) is 0 Å². The molecule has 0 spiro atoms. The number of benzene rings is 2. The van der Waals surface area contributed by atoms with E-state index in [0.717, 1.165) is 33.2 Å². The van der Waals surface area contributed by atoms with Crippen LogP contribution in [0.2, 0.25) is 10.0 Å². The fourth-order valence-electron chi connectivity index (χ4n) is 3.13. The summed E-state index contributed by atoms with van der Waals surface area (Å²) in [5.41, 5.74) is 4.84. The van der Waals surface area contributed by atoms with Crippen molar-refractivity contribution in [2.75, 3.05) is 14.2 Å². The van der Waals surface area contributed by atoms with Crippen LogP contribution in [0.1, 0.15) is 18.1 Å². The van der Waals surface area contributed by atoms with E-state index in [2.05, 4.69) is 5.32 Å². The van der Waals surface area contributed by atoms with Gasteiger partial charge in [0, 0.05) is 45.8 Å². The van der Waals surface area contributed by atoms with E-state index in [0.29, 0.717) is 21.4 Å². The molecule has 0 radical (unpaired) electrons. The number of hydrogen-bond acceptors (Lipinski definition) is 3. The van der Waals surface area contributed by atoms with Crippen molar-refractivity contribution >= 4 is 45.7 Å². The Hall–Kier alpha value is -2.43. The molecule has 3 rings (SSSR count). The number of allylic oxidation sites excluding steroid dienone is 1. The fraction of sp³-hybridized carbons (Fsp3) is 0.190. The Kier molecular flexibility index (Phi) is 5.49. The lowest BCUT2D eigenvalue weighted by molar-refractivity contribution is -0.116. The fourth-order valence-corrected chi connectivity index (χ4v) is 3.65. The molecule has 1 amide bonds. The molecule has 0 aliphatic rings. The molecule has 1 N–H and O–H groups in total. The average molecular weight is 404 g/mol. The molecule has 3 aromatic rings. The molecule has 0 unspecified atom stereocenters. The SMILES string of the molecule is CNC(=O)/C=C(\C)c1cc2c(-c3ccc(Cl)cc3Cl)coc2c(C)c1OC. The number of carbonyl (C=O) groups is 1. The van der Waals surface area contributed by atoms with Gasteiger partial charge >= 0.3 is 0 Å². The van der Waals surface area contributed by atoms with Gasteiger partial charge in [-0.15, -0.1) is 0 Å². The first-order valence-corrected chi connectivity index (χ1v) is 9.07. The highest BCUT2D eigenvalue weighted by Gasteiger charge is 2.19. The first-order valence-electron chi connectivity index (χ1n) is 8.32. The van der Waals surface area contributed by atoms with Gasteiger partial charge in [-0.05, 0) is 37.6 Å². The van der Waals surface area contributed by atoms with Gasteiger partial charge in [-0.2, -0.15) is 0 Å². The quantitative estimate of drug-likeness (QED) is 0.553. The Morgan fingerprint density at radius 3 is 2.59 bits per heavy atom. The second-order valence-electron chi connectivity index (χ2n) is 6.17. The number of nitrogens with one attached hydrogen (secondary N) is 1. The van der Waals surface area contributed by atoms with Crippen molar-refractivity contribution in [3.8, 4) is 16.9 Å². The van der Waals surface area contributed by atoms with E-state index in [4.69, 9.17) is 32.4 Å². The third kappa shape index (κ3) is 3.55. The van der Waals surface area contributed by atoms with Gasteiger partial charge in [-0.3, -0.25) is 4.79 Å². The minimum atomic E-state index is -0.180. The number of amides is 1. The molecule has 6 heteroatoms. The molecule has 0 fully saturated rings. The predicted molar refractivity (Wildman–Crippen MR) is 111 cm³/mol. The summed E-state index contributed by atoms with van der Waals surface area (Å²) < 4.78 is 11.4. The number of likely N-dealkylation sites (N-methyl/N-ethyl adjacent to an activating group) is 1. The first kappa shape index (κ1) is 19.3. The maximum atomic E-state index is 11.8. The molecule has 1 aromatic heterocycles. The molecular formula is C21H19Cl2NO3. The Labute approximate surface area is 167 Å². The highest BCUT2D eigenvalue weighted by Crippen LogP contribution is 2.42. The summed E-state index contributed by atoms with van der Waals surface area (Å²) >= 11 is 12.4. The number of halogens is 2. The molecule has 0 bridgehead atoms. The Morgan fingerprint density at radius 1 is 1.22 bits per heavy atom. The van der Waals surface area contributed by atoms with Gasteiger partial charge in [0.15, 0.2) is 0 Å². The largest absolute Gasteiger partial charge is 0.496 e. The standard InChI is InChI=1S/C21H19Cl2NO3/c1-11(7-19(25)24-3)15-9-16-17(14-6-5-13(22)8-18(14)23)10-27-21(16)12(2)20(15)26-4/h5-10H,1-4H3,(H,24,25)/b11-7+. The minimum absolute atomic E-state index is 0.180. The number of fused-ring (bicyclic) bond motifs is 1. The second kappa shape index (κ2) is 7.67. The molecule has 4 nitrogen and oxygen atoms in total. The van der Waals surface area contributed by atoms with Crippen LogP contribution in [-0.4, -0.2) is 20.1 Å². The monoisotopic (exact) mass is 403 g/mol. The number of rotatable bonds is 4. The zero-order valence-electron chi connectivity index (χ0n) is 15.4. The van der Waals surface area contributed by atoms with Gasteiger partial charge in [0.1, 0.15) is 11.3 Å². The summed E-state index contributed by atoms with van der Waals surface area (Å²) in [7, 11) is 3.19. The molecule has 0 aliphatic carbocycles. The summed E-state index contributed by atoms with van der Waals surface area (Å²) in [5.74, 6) is 0.490. The van der Waals surface area contributed by atoms with E-state index >= 15 is 0 Å². The zero-order chi connectivity index (χ0) is 19.7. The van der Waals surface area contributed by atoms with Crippen molar-refractivity contribution in [1.82, 2.24) is 5.32 Å². The van der Waals surface area contributed by atoms with Crippen LogP contribution in [0.25, 0.3) is 27.7 Å². The van der Waals surface area contributed by atoms with Crippen LogP contribution in [-0.2, 0) is 4.79 Å². The van der Waals surface area contributed by atoms with Crippen LogP contribution in [0.5, 0.6) is 5.75 Å². The van der Waals surface area contributed by atoms with Crippen LogP contribution in [0.15, 0.2) is 41.0 Å². The summed E-state index contributed by atoms with van der Waals surface area (Å²) in [4.78, 5) is 11.8. The number of carbonyl (C=O) groups excluding carboxylic acids is 1. The van der Waals surface area contributed by atoms with Crippen molar-refractivity contribution in [3.05, 3.63) is 57.8 Å². The van der Waals surface area contributed by atoms with Crippen LogP contribution in [0, 0.1) is 6.92 Å². The van der Waals surface area contributed by atoms with Crippen LogP contribution < -0.4 is 10.1 Å². The lowest BCUT2D eigenvalue weighted by Gasteiger charge is -2.13. The predicted octanol–water partition coefficient (Wildman–Crippen LogP) is 5.87. The smallest absolute Gasteiger partial charge is 0.244 e. The maximum Gasteiger partial charge on any atom is 0.244 e. The molecule has 140 valence electrons. The molecule has 1 heterocycles. The molecule has 0 saturated carbocycles. The molecule has 0 atom stereocenters. The van der Waals surface area contributed by atoms with Gasteiger partial charge in [-0.25, -0.2) is 0 Å². The normalized spacial score (nSPS) is 11.7. The lowest BCUT2D eigenvalue weighted by atomic mass is 9.96. The molecule has 0 saturated heterocycles. The molecule has 2 aromatic carbocycles. The molecule has 0 aliphatic heterocycles. The van der Waals surface area contributed by atoms with E-state index < -0.39 is 0 Å². The van der Waals surface area contributed by atoms with E-state index in [-0.39, 0.29) is 5.91 Å². The van der Waals surface area contributed by atoms with E-state index in [1.165, 1.54) is 6.08 Å². The summed E-state index contributed by atoms with van der Waals surface area (Å²) in [6.45, 7) is 3.79. The van der Waals surface area contributed by atoms with Gasteiger partial charge in [0.25, 0.3) is 0 Å². The van der Waals surface area contributed by atoms with Gasteiger partial charge in [-0.1, -0.05) is 29.3 Å². The zero-order valence-corrected chi connectivity index (χ0v) is 17.0. The van der Waals surface area contributed by atoms with Crippen LogP contribution in [0.3, 0.4) is 0 Å². The van der Waals surface area contributed by atoms with Crippen molar-refractivity contribution in [2.24, 2.45) is 0 Å². The van der Waals surface area contributed by atoms with E-state index in [9.17, 15) is 4.79 Å². The second-order valence-corrected chi connectivity index (χ2v) is 7.02. The minimum Gasteiger partial charge on any atom is -0.496 e. The topological polar surface area (TPSA) is 51.5 Å². The van der Waals surface area contributed by atoms with Crippen LogP contribution >= 0.6 is 23.2 Å². The Bertz CT molecular complexity index is 1070. The highest BCUT2D eigenvalue weighted by atomic mass is 35.5. The Balaban J connectivity index is 2.29. The number of methoxy groups -OCH3 is 1. The van der Waals surface area contributed by atoms with E-state index in [1.54, 1.807) is 32.6 Å². The summed E-state index contributed by atoms with van der Waals surface area (Å²) in [6.07, 6.45) is 3.21. The first-order chi connectivity index (χ1) is 12.9. The highest BCUT2D eigenvalue weighted by molar-refractivity contribution is 6.36. The number of aryl methyl sites for hydroxylation is 1. The summed E-state index contributed by atoms with van der Waals surface area (Å²) in [5, 5.41) is 4.59. The van der Waals surface area contributed by atoms with E-state index in [1.807, 2.05) is 26.0 Å². The third-order valence-electron chi connectivity index (χ3n) is 4.49. The average Bonchev–Trinajstić information content (AvgIpc) is 3.05. The molecule has 27 heavy (non-hydrogen) atoms. The lowest BCUT2D eigenvalue weighted by Crippen LogP contribution is -2.14. The maximum absolute atomic E-state index is 11.8. The number of ether oxygens (including phenoxy) is 1. The van der Waals surface area contributed by atoms with Crippen molar-refractivity contribution in [2.45, 2.75) is 13.8 Å². The summed E-state index contributed by atoms with van der Waals surface area (Å²) in [6, 6.07) is 7.31. The number of furan rings is 1. The van der Waals surface area contributed by atoms with Gasteiger partial charge in [0.05, 0.1) is 18.4 Å². The van der Waals surface area contributed by atoms with Crippen molar-refractivity contribution < 1.29 is 13.9 Å². The Morgan fingerprint density at radius 2 is 1.96 bits per heavy atom. The van der Waals surface area contributed by atoms with Gasteiger partial charge < -0.3 is 14.5 Å². The van der Waals surface area contributed by atoms with Crippen molar-refractivity contribution in [3.63, 3.8) is 0 Å². The molecular weight excluding hydrogens is 385 g/mol. The van der Waals surface area contributed by atoms with Crippen LogP contribution in [0.4, 0.5) is 0 Å². The third-order valence-corrected chi connectivity index (χ3v) is 5.04.